The number of aryl methyl sites for hydroxylation is 1. The Morgan fingerprint density at radius 3 is 2.85 bits per heavy atom. The summed E-state index contributed by atoms with van der Waals surface area (Å²) in [4.78, 5) is 0. The molecule has 1 heterocycles. The second-order valence-electron chi connectivity index (χ2n) is 4.58. The quantitative estimate of drug-likeness (QED) is 0.889. The van der Waals surface area contributed by atoms with E-state index < -0.39 is 0 Å². The van der Waals surface area contributed by atoms with Crippen molar-refractivity contribution in [3.05, 3.63) is 40.7 Å². The van der Waals surface area contributed by atoms with Gasteiger partial charge >= 0.3 is 0 Å². The minimum atomic E-state index is 0.115. The maximum atomic E-state index is 6.01. The zero-order valence-corrected chi connectivity index (χ0v) is 12.7. The number of halogens is 1. The van der Waals surface area contributed by atoms with Gasteiger partial charge in [-0.05, 0) is 18.7 Å². The number of hydrogen-bond donors (Lipinski definition) is 1. The van der Waals surface area contributed by atoms with Crippen LogP contribution in [0.15, 0.2) is 24.4 Å². The van der Waals surface area contributed by atoms with E-state index in [0.717, 1.165) is 30.0 Å². The van der Waals surface area contributed by atoms with E-state index in [-0.39, 0.29) is 6.04 Å². The first-order chi connectivity index (χ1) is 9.63. The van der Waals surface area contributed by atoms with Crippen molar-refractivity contribution < 1.29 is 4.74 Å². The topological polar surface area (TPSA) is 52.0 Å². The van der Waals surface area contributed by atoms with Gasteiger partial charge in [0.15, 0.2) is 0 Å². The molecule has 0 aliphatic heterocycles. The molecule has 1 N–H and O–H groups in total. The fraction of sp³-hybridized carbons (Fsp3) is 0.429. The molecule has 1 aromatic heterocycles. The first kappa shape index (κ1) is 14.8. The second kappa shape index (κ2) is 6.72. The van der Waals surface area contributed by atoms with E-state index in [1.807, 2.05) is 31.4 Å². The van der Waals surface area contributed by atoms with Crippen LogP contribution in [0.1, 0.15) is 24.2 Å². The molecule has 0 saturated heterocycles. The highest BCUT2D eigenvalue weighted by Crippen LogP contribution is 2.30. The van der Waals surface area contributed by atoms with Crippen LogP contribution in [0.2, 0.25) is 5.02 Å². The van der Waals surface area contributed by atoms with Crippen LogP contribution in [-0.2, 0) is 13.5 Å². The lowest BCUT2D eigenvalue weighted by Crippen LogP contribution is -2.23. The van der Waals surface area contributed by atoms with Gasteiger partial charge < -0.3 is 10.1 Å². The van der Waals surface area contributed by atoms with Crippen molar-refractivity contribution in [2.75, 3.05) is 13.7 Å². The van der Waals surface area contributed by atoms with Crippen molar-refractivity contribution in [2.45, 2.75) is 19.4 Å². The smallest absolute Gasteiger partial charge is 0.125 e. The molecular formula is C14H19ClN4O. The van der Waals surface area contributed by atoms with E-state index in [2.05, 4.69) is 22.6 Å². The van der Waals surface area contributed by atoms with Crippen molar-refractivity contribution in [2.24, 2.45) is 7.05 Å². The van der Waals surface area contributed by atoms with Crippen molar-refractivity contribution in [3.63, 3.8) is 0 Å². The maximum absolute atomic E-state index is 6.01. The molecule has 0 aliphatic rings. The third kappa shape index (κ3) is 3.49. The molecule has 6 heteroatoms. The Kier molecular flexibility index (Phi) is 4.98. The lowest BCUT2D eigenvalue weighted by molar-refractivity contribution is 0.399. The molecule has 108 valence electrons. The van der Waals surface area contributed by atoms with Crippen LogP contribution in [-0.4, -0.2) is 28.6 Å². The molecule has 0 saturated carbocycles. The van der Waals surface area contributed by atoms with Gasteiger partial charge in [0, 0.05) is 36.3 Å². The van der Waals surface area contributed by atoms with Crippen LogP contribution in [0.3, 0.4) is 0 Å². The van der Waals surface area contributed by atoms with Crippen molar-refractivity contribution in [1.82, 2.24) is 20.3 Å². The molecule has 0 bridgehead atoms. The van der Waals surface area contributed by atoms with E-state index in [4.69, 9.17) is 16.3 Å². The van der Waals surface area contributed by atoms with Gasteiger partial charge in [0.25, 0.3) is 0 Å². The van der Waals surface area contributed by atoms with E-state index in [1.54, 1.807) is 11.8 Å². The van der Waals surface area contributed by atoms with Crippen LogP contribution < -0.4 is 10.1 Å². The van der Waals surface area contributed by atoms with Gasteiger partial charge in [-0.25, -0.2) is 0 Å². The van der Waals surface area contributed by atoms with Gasteiger partial charge in [0.2, 0.25) is 0 Å². The Labute approximate surface area is 123 Å². The molecular weight excluding hydrogens is 276 g/mol. The van der Waals surface area contributed by atoms with Crippen LogP contribution >= 0.6 is 11.6 Å². The highest BCUT2D eigenvalue weighted by Gasteiger charge is 2.17. The molecule has 20 heavy (non-hydrogen) atoms. The number of benzene rings is 1. The third-order valence-electron chi connectivity index (χ3n) is 3.08. The standard InChI is InChI=1S/C14H19ClN4O/c1-4-16-13(8-11-9-19(2)18-17-11)12-6-5-10(15)7-14(12)20-3/h5-7,9,13,16H,4,8H2,1-3H3. The molecule has 0 aliphatic carbocycles. The van der Waals surface area contributed by atoms with E-state index in [9.17, 15) is 0 Å². The average Bonchev–Trinajstić information content (AvgIpc) is 2.83. The predicted octanol–water partition coefficient (Wildman–Crippen LogP) is 2.37. The van der Waals surface area contributed by atoms with Crippen molar-refractivity contribution >= 4 is 11.6 Å². The number of rotatable bonds is 6. The van der Waals surface area contributed by atoms with Gasteiger partial charge in [-0.15, -0.1) is 5.10 Å². The number of aromatic nitrogens is 3. The van der Waals surface area contributed by atoms with E-state index in [0.29, 0.717) is 5.02 Å². The van der Waals surface area contributed by atoms with Crippen LogP contribution in [0, 0.1) is 0 Å². The summed E-state index contributed by atoms with van der Waals surface area (Å²) in [6, 6.07) is 5.81. The Hall–Kier alpha value is -1.59. The first-order valence-corrected chi connectivity index (χ1v) is 6.93. The fourth-order valence-corrected chi connectivity index (χ4v) is 2.37. The first-order valence-electron chi connectivity index (χ1n) is 6.56. The second-order valence-corrected chi connectivity index (χ2v) is 5.02. The summed E-state index contributed by atoms with van der Waals surface area (Å²) in [5.41, 5.74) is 2.01. The number of ether oxygens (including phenoxy) is 1. The maximum Gasteiger partial charge on any atom is 0.125 e. The number of hydrogen-bond acceptors (Lipinski definition) is 4. The van der Waals surface area contributed by atoms with Gasteiger partial charge in [0.05, 0.1) is 12.8 Å². The van der Waals surface area contributed by atoms with Crippen molar-refractivity contribution in [3.8, 4) is 5.75 Å². The van der Waals surface area contributed by atoms with Gasteiger partial charge in [0.1, 0.15) is 5.75 Å². The Balaban J connectivity index is 2.28. The van der Waals surface area contributed by atoms with E-state index in [1.165, 1.54) is 0 Å². The number of likely N-dealkylation sites (N-methyl/N-ethyl adjacent to an activating group) is 1. The summed E-state index contributed by atoms with van der Waals surface area (Å²) >= 11 is 6.01. The summed E-state index contributed by atoms with van der Waals surface area (Å²) in [6.45, 7) is 2.93. The zero-order valence-electron chi connectivity index (χ0n) is 11.9. The molecule has 1 aromatic carbocycles. The summed E-state index contributed by atoms with van der Waals surface area (Å²) < 4.78 is 7.14. The highest BCUT2D eigenvalue weighted by molar-refractivity contribution is 6.30. The SMILES string of the molecule is CCNC(Cc1cn(C)nn1)c1ccc(Cl)cc1OC. The van der Waals surface area contributed by atoms with E-state index >= 15 is 0 Å². The molecule has 5 nitrogen and oxygen atoms in total. The summed E-state index contributed by atoms with van der Waals surface area (Å²) in [5.74, 6) is 0.785. The largest absolute Gasteiger partial charge is 0.496 e. The Bertz CT molecular complexity index is 570. The molecule has 0 radical (unpaired) electrons. The molecule has 1 unspecified atom stereocenters. The molecule has 0 spiro atoms. The highest BCUT2D eigenvalue weighted by atomic mass is 35.5. The Morgan fingerprint density at radius 1 is 1.45 bits per heavy atom. The normalized spacial score (nSPS) is 12.4. The third-order valence-corrected chi connectivity index (χ3v) is 3.32. The van der Waals surface area contributed by atoms with Crippen molar-refractivity contribution in [1.29, 1.82) is 0 Å². The summed E-state index contributed by atoms with van der Waals surface area (Å²) in [7, 11) is 3.52. The molecule has 1 atom stereocenters. The lowest BCUT2D eigenvalue weighted by atomic mass is 10.0. The van der Waals surface area contributed by atoms with Crippen LogP contribution in [0.4, 0.5) is 0 Å². The van der Waals surface area contributed by atoms with Gasteiger partial charge in [-0.2, -0.15) is 0 Å². The molecule has 0 amide bonds. The van der Waals surface area contributed by atoms with Gasteiger partial charge in [-0.3, -0.25) is 4.68 Å². The summed E-state index contributed by atoms with van der Waals surface area (Å²) in [5, 5.41) is 12.2. The van der Waals surface area contributed by atoms with Crippen LogP contribution in [0.5, 0.6) is 5.75 Å². The Morgan fingerprint density at radius 2 is 2.25 bits per heavy atom. The monoisotopic (exact) mass is 294 g/mol. The lowest BCUT2D eigenvalue weighted by Gasteiger charge is -2.20. The molecule has 2 rings (SSSR count). The predicted molar refractivity (Wildman–Crippen MR) is 79.1 cm³/mol. The summed E-state index contributed by atoms with van der Waals surface area (Å²) in [6.07, 6.45) is 2.67. The molecule has 2 aromatic rings. The number of methoxy groups -OCH3 is 1. The van der Waals surface area contributed by atoms with Crippen LogP contribution in [0.25, 0.3) is 0 Å². The number of nitrogens with zero attached hydrogens (tertiary/aromatic N) is 3. The fourth-order valence-electron chi connectivity index (χ4n) is 2.21. The average molecular weight is 295 g/mol. The minimum absolute atomic E-state index is 0.115. The zero-order chi connectivity index (χ0) is 14.5. The minimum Gasteiger partial charge on any atom is -0.496 e. The number of nitrogens with one attached hydrogen (secondary N) is 1. The molecule has 0 fully saturated rings. The van der Waals surface area contributed by atoms with Gasteiger partial charge in [-0.1, -0.05) is 29.8 Å².